The summed E-state index contributed by atoms with van der Waals surface area (Å²) in [5.74, 6) is 0.557. The minimum atomic E-state index is -0.859. The lowest BCUT2D eigenvalue weighted by atomic mass is 9.91. The molecule has 1 heterocycles. The second kappa shape index (κ2) is 6.67. The molecule has 4 rings (SSSR count). The van der Waals surface area contributed by atoms with Crippen molar-refractivity contribution >= 4 is 17.5 Å². The molecular formula is C22H27N3O2. The minimum Gasteiger partial charge on any atom is -0.339 e. The average molecular weight is 365 g/mol. The Morgan fingerprint density at radius 3 is 2.37 bits per heavy atom. The van der Waals surface area contributed by atoms with Gasteiger partial charge in [0, 0.05) is 29.8 Å². The molecule has 1 N–H and O–H groups in total. The summed E-state index contributed by atoms with van der Waals surface area (Å²) in [6.07, 6.45) is 6.99. The maximum Gasteiger partial charge on any atom is 0.253 e. The van der Waals surface area contributed by atoms with Gasteiger partial charge in [0.25, 0.3) is 5.91 Å². The molecule has 1 aromatic carbocycles. The van der Waals surface area contributed by atoms with Crippen LogP contribution in [0.15, 0.2) is 24.3 Å². The molecule has 5 heteroatoms. The highest BCUT2D eigenvalue weighted by Crippen LogP contribution is 2.71. The molecule has 3 fully saturated rings. The van der Waals surface area contributed by atoms with Gasteiger partial charge < -0.3 is 10.2 Å². The smallest absolute Gasteiger partial charge is 0.253 e. The van der Waals surface area contributed by atoms with Crippen LogP contribution in [0, 0.1) is 28.1 Å². The van der Waals surface area contributed by atoms with Crippen molar-refractivity contribution in [3.8, 4) is 6.07 Å². The van der Waals surface area contributed by atoms with Gasteiger partial charge >= 0.3 is 0 Å². The SMILES string of the molecule is CC1CCN(C(=O)c2ccc(NC(=O)C3(C#N)CC34CCCC4)cc2)CC1. The Morgan fingerprint density at radius 1 is 1.15 bits per heavy atom. The number of nitriles is 1. The number of nitrogens with zero attached hydrogens (tertiary/aromatic N) is 2. The zero-order valence-corrected chi connectivity index (χ0v) is 16.0. The van der Waals surface area contributed by atoms with Crippen LogP contribution in [0.3, 0.4) is 0 Å². The van der Waals surface area contributed by atoms with E-state index in [9.17, 15) is 14.9 Å². The summed E-state index contributed by atoms with van der Waals surface area (Å²) >= 11 is 0. The average Bonchev–Trinajstić information content (AvgIpc) is 3.08. The highest BCUT2D eigenvalue weighted by atomic mass is 16.2. The first-order valence-corrected chi connectivity index (χ1v) is 10.1. The van der Waals surface area contributed by atoms with Crippen molar-refractivity contribution < 1.29 is 9.59 Å². The fourth-order valence-electron chi connectivity index (χ4n) is 4.98. The van der Waals surface area contributed by atoms with Crippen LogP contribution in [-0.2, 0) is 4.79 Å². The van der Waals surface area contributed by atoms with Gasteiger partial charge in [-0.05, 0) is 62.3 Å². The summed E-state index contributed by atoms with van der Waals surface area (Å²) in [7, 11) is 0. The fraction of sp³-hybridized carbons (Fsp3) is 0.591. The van der Waals surface area contributed by atoms with Crippen LogP contribution in [0.2, 0.25) is 0 Å². The molecule has 1 atom stereocenters. The van der Waals surface area contributed by atoms with E-state index in [2.05, 4.69) is 18.3 Å². The van der Waals surface area contributed by atoms with Gasteiger partial charge in [-0.1, -0.05) is 19.8 Å². The standard InChI is InChI=1S/C22H27N3O2/c1-16-8-12-25(13-9-16)19(26)17-4-6-18(7-5-17)24-20(27)22(15-23)14-21(22)10-2-3-11-21/h4-7,16H,2-3,8-14H2,1H3,(H,24,27). The number of rotatable bonds is 3. The molecule has 0 radical (unpaired) electrons. The van der Waals surface area contributed by atoms with Crippen molar-refractivity contribution in [2.45, 2.75) is 51.9 Å². The van der Waals surface area contributed by atoms with Crippen molar-refractivity contribution in [3.05, 3.63) is 29.8 Å². The van der Waals surface area contributed by atoms with Gasteiger partial charge in [0.1, 0.15) is 5.41 Å². The highest BCUT2D eigenvalue weighted by Gasteiger charge is 2.72. The number of carbonyl (C=O) groups excluding carboxylic acids is 2. The van der Waals surface area contributed by atoms with Crippen molar-refractivity contribution in [2.75, 3.05) is 18.4 Å². The van der Waals surface area contributed by atoms with E-state index in [1.165, 1.54) is 0 Å². The van der Waals surface area contributed by atoms with Crippen LogP contribution < -0.4 is 5.32 Å². The van der Waals surface area contributed by atoms with E-state index in [4.69, 9.17) is 0 Å². The molecule has 1 spiro atoms. The number of amides is 2. The molecular weight excluding hydrogens is 338 g/mol. The number of hydrogen-bond acceptors (Lipinski definition) is 3. The number of likely N-dealkylation sites (tertiary alicyclic amines) is 1. The molecule has 1 aromatic rings. The Morgan fingerprint density at radius 2 is 1.78 bits per heavy atom. The van der Waals surface area contributed by atoms with Gasteiger partial charge in [0.05, 0.1) is 6.07 Å². The van der Waals surface area contributed by atoms with E-state index >= 15 is 0 Å². The quantitative estimate of drug-likeness (QED) is 0.881. The van der Waals surface area contributed by atoms with Crippen molar-refractivity contribution in [3.63, 3.8) is 0 Å². The highest BCUT2D eigenvalue weighted by molar-refractivity contribution is 6.01. The monoisotopic (exact) mass is 365 g/mol. The van der Waals surface area contributed by atoms with Gasteiger partial charge in [0.15, 0.2) is 0 Å². The third-order valence-electron chi connectivity index (χ3n) is 6.98. The first-order valence-electron chi connectivity index (χ1n) is 10.1. The maximum atomic E-state index is 12.8. The first-order chi connectivity index (χ1) is 13.0. The predicted octanol–water partition coefficient (Wildman–Crippen LogP) is 3.97. The van der Waals surface area contributed by atoms with Gasteiger partial charge in [-0.2, -0.15) is 5.26 Å². The van der Waals surface area contributed by atoms with Crippen LogP contribution in [0.4, 0.5) is 5.69 Å². The molecule has 1 unspecified atom stereocenters. The van der Waals surface area contributed by atoms with E-state index in [0.717, 1.165) is 51.6 Å². The van der Waals surface area contributed by atoms with Crippen LogP contribution >= 0.6 is 0 Å². The third-order valence-corrected chi connectivity index (χ3v) is 6.98. The number of piperidine rings is 1. The van der Waals surface area contributed by atoms with E-state index in [-0.39, 0.29) is 17.2 Å². The molecule has 1 saturated heterocycles. The Balaban J connectivity index is 1.40. The van der Waals surface area contributed by atoms with Crippen LogP contribution in [-0.4, -0.2) is 29.8 Å². The Hall–Kier alpha value is -2.35. The van der Waals surface area contributed by atoms with Crippen molar-refractivity contribution in [1.82, 2.24) is 4.90 Å². The molecule has 2 saturated carbocycles. The Bertz CT molecular complexity index is 781. The largest absolute Gasteiger partial charge is 0.339 e. The molecule has 5 nitrogen and oxygen atoms in total. The minimum absolute atomic E-state index is 0.0559. The first kappa shape index (κ1) is 18.0. The van der Waals surface area contributed by atoms with Crippen LogP contribution in [0.25, 0.3) is 0 Å². The second-order valence-corrected chi connectivity index (χ2v) is 8.69. The van der Waals surface area contributed by atoms with Crippen molar-refractivity contribution in [1.29, 1.82) is 5.26 Å². The van der Waals surface area contributed by atoms with Crippen molar-refractivity contribution in [2.24, 2.45) is 16.7 Å². The molecule has 3 aliphatic rings. The van der Waals surface area contributed by atoms with Gasteiger partial charge in [0.2, 0.25) is 5.91 Å². The second-order valence-electron chi connectivity index (χ2n) is 8.69. The van der Waals surface area contributed by atoms with Crippen LogP contribution in [0.5, 0.6) is 0 Å². The number of anilines is 1. The Labute approximate surface area is 160 Å². The summed E-state index contributed by atoms with van der Waals surface area (Å²) in [6, 6.07) is 9.39. The number of benzene rings is 1. The van der Waals surface area contributed by atoms with E-state index in [0.29, 0.717) is 23.6 Å². The predicted molar refractivity (Wildman–Crippen MR) is 103 cm³/mol. The van der Waals surface area contributed by atoms with E-state index in [1.807, 2.05) is 4.90 Å². The Kier molecular flexibility index (Phi) is 4.46. The topological polar surface area (TPSA) is 73.2 Å². The fourth-order valence-corrected chi connectivity index (χ4v) is 4.98. The lowest BCUT2D eigenvalue weighted by Crippen LogP contribution is -2.37. The number of carbonyl (C=O) groups is 2. The number of hydrogen-bond donors (Lipinski definition) is 1. The van der Waals surface area contributed by atoms with E-state index < -0.39 is 5.41 Å². The molecule has 0 bridgehead atoms. The molecule has 2 aliphatic carbocycles. The lowest BCUT2D eigenvalue weighted by Gasteiger charge is -2.30. The maximum absolute atomic E-state index is 12.8. The lowest BCUT2D eigenvalue weighted by molar-refractivity contribution is -0.120. The van der Waals surface area contributed by atoms with Gasteiger partial charge in [-0.15, -0.1) is 0 Å². The van der Waals surface area contributed by atoms with E-state index in [1.54, 1.807) is 24.3 Å². The zero-order valence-electron chi connectivity index (χ0n) is 16.0. The third kappa shape index (κ3) is 3.01. The molecule has 2 amide bonds. The number of nitrogens with one attached hydrogen (secondary N) is 1. The summed E-state index contributed by atoms with van der Waals surface area (Å²) in [6.45, 7) is 3.85. The molecule has 142 valence electrons. The zero-order chi connectivity index (χ0) is 19.1. The normalized spacial score (nSPS) is 26.6. The molecule has 27 heavy (non-hydrogen) atoms. The molecule has 1 aliphatic heterocycles. The van der Waals surface area contributed by atoms with Crippen LogP contribution in [0.1, 0.15) is 62.2 Å². The summed E-state index contributed by atoms with van der Waals surface area (Å²) in [5, 5.41) is 12.6. The van der Waals surface area contributed by atoms with Gasteiger partial charge in [-0.3, -0.25) is 9.59 Å². The summed E-state index contributed by atoms with van der Waals surface area (Å²) in [4.78, 5) is 27.3. The molecule has 0 aromatic heterocycles. The summed E-state index contributed by atoms with van der Waals surface area (Å²) < 4.78 is 0. The van der Waals surface area contributed by atoms with Gasteiger partial charge in [-0.25, -0.2) is 0 Å². The summed E-state index contributed by atoms with van der Waals surface area (Å²) in [5.41, 5.74) is 0.352.